The second kappa shape index (κ2) is 7.69. The molecule has 0 atom stereocenters. The van der Waals surface area contributed by atoms with E-state index in [1.807, 2.05) is 0 Å². The van der Waals surface area contributed by atoms with Gasteiger partial charge < -0.3 is 5.11 Å². The van der Waals surface area contributed by atoms with Crippen molar-refractivity contribution in [3.8, 4) is 5.75 Å². The van der Waals surface area contributed by atoms with Gasteiger partial charge in [-0.2, -0.15) is 0 Å². The van der Waals surface area contributed by atoms with E-state index in [2.05, 4.69) is 13.0 Å². The first-order valence-corrected chi connectivity index (χ1v) is 17.8. The summed E-state index contributed by atoms with van der Waals surface area (Å²) in [6.07, 6.45) is 27.4. The van der Waals surface area contributed by atoms with Crippen LogP contribution in [0, 0.1) is 53.3 Å². The molecule has 1 aromatic rings. The van der Waals surface area contributed by atoms with Crippen LogP contribution in [0.15, 0.2) is 6.07 Å². The predicted octanol–water partition coefficient (Wildman–Crippen LogP) is 9.36. The molecular formula is C38H52O. The van der Waals surface area contributed by atoms with Crippen LogP contribution in [-0.4, -0.2) is 5.11 Å². The van der Waals surface area contributed by atoms with Gasteiger partial charge in [-0.15, -0.1) is 0 Å². The Hall–Kier alpha value is -0.980. The summed E-state index contributed by atoms with van der Waals surface area (Å²) in [6.45, 7) is 2.48. The number of aryl methyl sites for hydroxylation is 1. The van der Waals surface area contributed by atoms with Crippen molar-refractivity contribution in [2.24, 2.45) is 53.3 Å². The average Bonchev–Trinajstić information content (AvgIpc) is 2.86. The van der Waals surface area contributed by atoms with Crippen molar-refractivity contribution in [1.82, 2.24) is 0 Å². The number of phenolic OH excluding ortho intramolecular Hbond substituents is 1. The summed E-state index contributed by atoms with van der Waals surface area (Å²) in [5.41, 5.74) is 7.57. The molecule has 210 valence electrons. The molecule has 0 radical (unpaired) electrons. The van der Waals surface area contributed by atoms with Crippen LogP contribution < -0.4 is 0 Å². The van der Waals surface area contributed by atoms with Crippen LogP contribution in [-0.2, 0) is 22.7 Å². The first-order chi connectivity index (χ1) is 18.9. The number of benzene rings is 1. The summed E-state index contributed by atoms with van der Waals surface area (Å²) in [6, 6.07) is 2.69. The molecule has 1 heteroatoms. The van der Waals surface area contributed by atoms with E-state index in [0.717, 1.165) is 59.0 Å². The van der Waals surface area contributed by atoms with Gasteiger partial charge in [-0.1, -0.05) is 13.0 Å². The van der Waals surface area contributed by atoms with Crippen molar-refractivity contribution in [1.29, 1.82) is 0 Å². The molecule has 12 saturated carbocycles. The normalized spacial score (nSPS) is 53.7. The highest BCUT2D eigenvalue weighted by Gasteiger charge is 2.60. The molecule has 0 aromatic heterocycles. The van der Waals surface area contributed by atoms with E-state index in [0.29, 0.717) is 16.2 Å². The number of aromatic hydroxyl groups is 1. The molecule has 12 aliphatic carbocycles. The van der Waals surface area contributed by atoms with Crippen molar-refractivity contribution < 1.29 is 5.11 Å². The zero-order valence-electron chi connectivity index (χ0n) is 24.7. The maximum absolute atomic E-state index is 13.0. The third kappa shape index (κ3) is 3.15. The molecule has 1 N–H and O–H groups in total. The van der Waals surface area contributed by atoms with Gasteiger partial charge in [0.1, 0.15) is 5.75 Å². The number of hydrogen-bond acceptors (Lipinski definition) is 1. The Bertz CT molecular complexity index is 1110. The fourth-order valence-corrected chi connectivity index (χ4v) is 15.8. The Balaban J connectivity index is 1.21. The molecule has 39 heavy (non-hydrogen) atoms. The first kappa shape index (κ1) is 23.6. The molecule has 12 bridgehead atoms. The van der Waals surface area contributed by atoms with Crippen LogP contribution in [0.1, 0.15) is 145 Å². The minimum Gasteiger partial charge on any atom is -0.507 e. The molecular weight excluding hydrogens is 472 g/mol. The summed E-state index contributed by atoms with van der Waals surface area (Å²) in [4.78, 5) is 0. The molecule has 0 aliphatic heterocycles. The van der Waals surface area contributed by atoms with Gasteiger partial charge in [0.05, 0.1) is 0 Å². The molecule has 0 unspecified atom stereocenters. The molecule has 12 fully saturated rings. The first-order valence-electron chi connectivity index (χ1n) is 17.8. The van der Waals surface area contributed by atoms with Crippen molar-refractivity contribution in [2.45, 2.75) is 145 Å². The van der Waals surface area contributed by atoms with E-state index < -0.39 is 0 Å². The van der Waals surface area contributed by atoms with Crippen molar-refractivity contribution in [3.05, 3.63) is 28.3 Å². The lowest BCUT2D eigenvalue weighted by Crippen LogP contribution is -2.53. The maximum atomic E-state index is 13.0. The Morgan fingerprint density at radius 3 is 1.15 bits per heavy atom. The summed E-state index contributed by atoms with van der Waals surface area (Å²) in [5.74, 6) is 9.42. The molecule has 1 nitrogen and oxygen atoms in total. The Kier molecular flexibility index (Phi) is 4.65. The number of rotatable bonds is 4. The maximum Gasteiger partial charge on any atom is 0.123 e. The molecule has 0 heterocycles. The minimum atomic E-state index is 0.291. The van der Waals surface area contributed by atoms with Gasteiger partial charge in [-0.05, 0) is 197 Å². The lowest BCUT2D eigenvalue weighted by atomic mass is 9.43. The molecule has 0 saturated heterocycles. The van der Waals surface area contributed by atoms with Crippen LogP contribution in [0.2, 0.25) is 0 Å². The molecule has 13 rings (SSSR count). The fraction of sp³-hybridized carbons (Fsp3) is 0.842. The standard InChI is InChI=1S/C38H52O/c1-2-31-12-32(36-13-22-3-23(14-36)5-24(4-22)15-36)35(39)34(38-19-28-9-29(20-38)11-30(10-28)21-38)33(31)37-16-25-6-26(17-37)8-27(7-25)18-37/h12,22-30,39H,2-11,13-21H2,1H3. The van der Waals surface area contributed by atoms with E-state index in [1.54, 1.807) is 16.7 Å². The van der Waals surface area contributed by atoms with E-state index in [1.165, 1.54) is 128 Å². The van der Waals surface area contributed by atoms with E-state index >= 15 is 0 Å². The van der Waals surface area contributed by atoms with Gasteiger partial charge in [-0.3, -0.25) is 0 Å². The fourth-order valence-electron chi connectivity index (χ4n) is 15.8. The lowest BCUT2D eigenvalue weighted by molar-refractivity contribution is -0.0200. The highest BCUT2D eigenvalue weighted by Crippen LogP contribution is 2.69. The van der Waals surface area contributed by atoms with E-state index in [4.69, 9.17) is 0 Å². The van der Waals surface area contributed by atoms with Gasteiger partial charge in [0, 0.05) is 16.5 Å². The molecule has 0 spiro atoms. The Morgan fingerprint density at radius 1 is 0.513 bits per heavy atom. The van der Waals surface area contributed by atoms with E-state index in [-0.39, 0.29) is 0 Å². The number of hydrogen-bond donors (Lipinski definition) is 1. The van der Waals surface area contributed by atoms with Crippen molar-refractivity contribution in [3.63, 3.8) is 0 Å². The Labute approximate surface area is 237 Å². The van der Waals surface area contributed by atoms with Crippen LogP contribution in [0.4, 0.5) is 0 Å². The van der Waals surface area contributed by atoms with Gasteiger partial charge in [-0.25, -0.2) is 0 Å². The van der Waals surface area contributed by atoms with Crippen molar-refractivity contribution in [2.75, 3.05) is 0 Å². The predicted molar refractivity (Wildman–Crippen MR) is 157 cm³/mol. The highest BCUT2D eigenvalue weighted by molar-refractivity contribution is 5.60. The summed E-state index contributed by atoms with van der Waals surface area (Å²) in [7, 11) is 0. The monoisotopic (exact) mass is 524 g/mol. The van der Waals surface area contributed by atoms with Gasteiger partial charge in [0.25, 0.3) is 0 Å². The third-order valence-electron chi connectivity index (χ3n) is 15.5. The zero-order valence-corrected chi connectivity index (χ0v) is 24.7. The van der Waals surface area contributed by atoms with Crippen LogP contribution in [0.25, 0.3) is 0 Å². The lowest BCUT2D eigenvalue weighted by Gasteiger charge is -2.62. The van der Waals surface area contributed by atoms with Crippen LogP contribution in [0.5, 0.6) is 5.75 Å². The van der Waals surface area contributed by atoms with Gasteiger partial charge in [0.15, 0.2) is 0 Å². The zero-order chi connectivity index (χ0) is 25.7. The van der Waals surface area contributed by atoms with Crippen molar-refractivity contribution >= 4 is 0 Å². The Morgan fingerprint density at radius 2 is 0.821 bits per heavy atom. The second-order valence-electron chi connectivity index (χ2n) is 18.1. The second-order valence-corrected chi connectivity index (χ2v) is 18.1. The molecule has 12 aliphatic rings. The summed E-state index contributed by atoms with van der Waals surface area (Å²) in [5, 5.41) is 13.0. The van der Waals surface area contributed by atoms with Crippen LogP contribution in [0.3, 0.4) is 0 Å². The quantitative estimate of drug-likeness (QED) is 0.416. The summed E-state index contributed by atoms with van der Waals surface area (Å²) < 4.78 is 0. The van der Waals surface area contributed by atoms with Crippen LogP contribution >= 0.6 is 0 Å². The molecule has 0 amide bonds. The SMILES string of the molecule is CCc1cc(C23CC4CC(CC(C4)C2)C3)c(O)c(C23CC4CC(CC(C4)C2)C3)c1C12CC3CC(CC(C3)C1)C2. The van der Waals surface area contributed by atoms with Gasteiger partial charge >= 0.3 is 0 Å². The smallest absolute Gasteiger partial charge is 0.123 e. The highest BCUT2D eigenvalue weighted by atomic mass is 16.3. The third-order valence-corrected chi connectivity index (χ3v) is 15.5. The largest absolute Gasteiger partial charge is 0.507 e. The molecule has 1 aromatic carbocycles. The number of phenols is 1. The topological polar surface area (TPSA) is 20.2 Å². The average molecular weight is 525 g/mol. The minimum absolute atomic E-state index is 0.291. The van der Waals surface area contributed by atoms with Gasteiger partial charge in [0.2, 0.25) is 0 Å². The van der Waals surface area contributed by atoms with E-state index in [9.17, 15) is 5.11 Å². The summed E-state index contributed by atoms with van der Waals surface area (Å²) >= 11 is 0.